The molecular weight excluding hydrogens is 501 g/mol. The highest BCUT2D eigenvalue weighted by Crippen LogP contribution is 2.34. The SMILES string of the molecule is CCCCNC(=O)C(CC)N(Cc1ccc(F)cc1)C(=O)CN(c1cc(OC)ccc1OC)S(C)(=O)=O. The Morgan fingerprint density at radius 1 is 1.05 bits per heavy atom. The summed E-state index contributed by atoms with van der Waals surface area (Å²) in [5, 5.41) is 2.85. The van der Waals surface area contributed by atoms with Crippen LogP contribution < -0.4 is 19.1 Å². The number of unbranched alkanes of at least 4 members (excludes halogenated alkanes) is 1. The maximum Gasteiger partial charge on any atom is 0.244 e. The van der Waals surface area contributed by atoms with E-state index < -0.39 is 34.3 Å². The number of hydrogen-bond acceptors (Lipinski definition) is 6. The molecule has 2 rings (SSSR count). The van der Waals surface area contributed by atoms with Crippen LogP contribution >= 0.6 is 0 Å². The fraction of sp³-hybridized carbons (Fsp3) is 0.462. The fourth-order valence-electron chi connectivity index (χ4n) is 3.80. The predicted molar refractivity (Wildman–Crippen MR) is 141 cm³/mol. The first-order chi connectivity index (χ1) is 17.5. The summed E-state index contributed by atoms with van der Waals surface area (Å²) in [5.41, 5.74) is 0.722. The highest BCUT2D eigenvalue weighted by molar-refractivity contribution is 7.92. The molecule has 204 valence electrons. The number of amides is 2. The highest BCUT2D eigenvalue weighted by Gasteiger charge is 2.32. The van der Waals surface area contributed by atoms with Gasteiger partial charge in [0.15, 0.2) is 0 Å². The van der Waals surface area contributed by atoms with Crippen molar-refractivity contribution < 1.29 is 31.9 Å². The molecule has 0 fully saturated rings. The molecule has 37 heavy (non-hydrogen) atoms. The highest BCUT2D eigenvalue weighted by atomic mass is 32.2. The number of nitrogens with one attached hydrogen (secondary N) is 1. The molecular formula is C26H36FN3O6S. The number of sulfonamides is 1. The second-order valence-corrected chi connectivity index (χ2v) is 10.4. The van der Waals surface area contributed by atoms with E-state index in [0.29, 0.717) is 24.3 Å². The zero-order valence-electron chi connectivity index (χ0n) is 22.0. The molecule has 2 aromatic rings. The lowest BCUT2D eigenvalue weighted by molar-refractivity contribution is -0.140. The van der Waals surface area contributed by atoms with Crippen LogP contribution in [0.25, 0.3) is 0 Å². The van der Waals surface area contributed by atoms with Crippen molar-refractivity contribution in [1.82, 2.24) is 10.2 Å². The van der Waals surface area contributed by atoms with E-state index in [1.54, 1.807) is 19.1 Å². The summed E-state index contributed by atoms with van der Waals surface area (Å²) in [5.74, 6) is -0.761. The minimum Gasteiger partial charge on any atom is -0.497 e. The second kappa shape index (κ2) is 13.8. The van der Waals surface area contributed by atoms with Gasteiger partial charge in [-0.3, -0.25) is 13.9 Å². The summed E-state index contributed by atoms with van der Waals surface area (Å²) >= 11 is 0. The number of anilines is 1. The molecule has 0 radical (unpaired) electrons. The number of ether oxygens (including phenoxy) is 2. The molecule has 0 aliphatic carbocycles. The van der Waals surface area contributed by atoms with Crippen molar-refractivity contribution in [3.05, 3.63) is 53.8 Å². The van der Waals surface area contributed by atoms with E-state index in [9.17, 15) is 22.4 Å². The van der Waals surface area contributed by atoms with Crippen molar-refractivity contribution in [2.45, 2.75) is 45.7 Å². The molecule has 9 nitrogen and oxygen atoms in total. The maximum absolute atomic E-state index is 13.7. The first-order valence-corrected chi connectivity index (χ1v) is 13.9. The van der Waals surface area contributed by atoms with Gasteiger partial charge in [-0.15, -0.1) is 0 Å². The smallest absolute Gasteiger partial charge is 0.244 e. The molecule has 0 aliphatic heterocycles. The van der Waals surface area contributed by atoms with Gasteiger partial charge >= 0.3 is 0 Å². The summed E-state index contributed by atoms with van der Waals surface area (Å²) in [6, 6.07) is 9.35. The Morgan fingerprint density at radius 3 is 2.27 bits per heavy atom. The quantitative estimate of drug-likeness (QED) is 0.371. The molecule has 0 saturated heterocycles. The molecule has 2 aromatic carbocycles. The van der Waals surface area contributed by atoms with E-state index in [-0.39, 0.29) is 23.9 Å². The largest absolute Gasteiger partial charge is 0.497 e. The molecule has 0 heterocycles. The van der Waals surface area contributed by atoms with Crippen molar-refractivity contribution in [2.24, 2.45) is 0 Å². The topological polar surface area (TPSA) is 105 Å². The van der Waals surface area contributed by atoms with E-state index in [1.165, 1.54) is 49.5 Å². The standard InChI is InChI=1S/C26H36FN3O6S/c1-6-8-15-28-26(32)22(7-2)29(17-19-9-11-20(27)12-10-19)25(31)18-30(37(5,33)34)23-16-21(35-3)13-14-24(23)36-4/h9-14,16,22H,6-8,15,17-18H2,1-5H3,(H,28,32). The van der Waals surface area contributed by atoms with Gasteiger partial charge < -0.3 is 19.7 Å². The number of benzene rings is 2. The van der Waals surface area contributed by atoms with Crippen molar-refractivity contribution >= 4 is 27.5 Å². The molecule has 0 bridgehead atoms. The van der Waals surface area contributed by atoms with Gasteiger partial charge in [0.25, 0.3) is 0 Å². The minimum atomic E-state index is -3.95. The predicted octanol–water partition coefficient (Wildman–Crippen LogP) is 3.33. The number of rotatable bonds is 14. The molecule has 2 amide bonds. The van der Waals surface area contributed by atoms with Crippen molar-refractivity contribution in [3.8, 4) is 11.5 Å². The third-order valence-electron chi connectivity index (χ3n) is 5.82. The van der Waals surface area contributed by atoms with Gasteiger partial charge in [0.1, 0.15) is 29.9 Å². The van der Waals surface area contributed by atoms with Crippen LogP contribution in [0, 0.1) is 5.82 Å². The van der Waals surface area contributed by atoms with Crippen LogP contribution in [0.1, 0.15) is 38.7 Å². The first kappa shape index (κ1) is 29.9. The minimum absolute atomic E-state index is 0.00827. The summed E-state index contributed by atoms with van der Waals surface area (Å²) in [6.45, 7) is 3.64. The monoisotopic (exact) mass is 537 g/mol. The average Bonchev–Trinajstić information content (AvgIpc) is 2.87. The zero-order chi connectivity index (χ0) is 27.6. The third kappa shape index (κ3) is 8.34. The summed E-state index contributed by atoms with van der Waals surface area (Å²) in [7, 11) is -1.12. The molecule has 1 N–H and O–H groups in total. The molecule has 0 aliphatic rings. The van der Waals surface area contributed by atoms with Gasteiger partial charge in [-0.25, -0.2) is 12.8 Å². The summed E-state index contributed by atoms with van der Waals surface area (Å²) in [6.07, 6.45) is 2.96. The Bertz CT molecular complexity index is 1160. The van der Waals surface area contributed by atoms with Crippen LogP contribution in [0.4, 0.5) is 10.1 Å². The van der Waals surface area contributed by atoms with Crippen LogP contribution in [0.3, 0.4) is 0 Å². The van der Waals surface area contributed by atoms with Crippen LogP contribution in [0.5, 0.6) is 11.5 Å². The summed E-state index contributed by atoms with van der Waals surface area (Å²) in [4.78, 5) is 28.1. The molecule has 0 aromatic heterocycles. The van der Waals surface area contributed by atoms with Crippen LogP contribution in [-0.2, 0) is 26.2 Å². The average molecular weight is 538 g/mol. The lowest BCUT2D eigenvalue weighted by Crippen LogP contribution is -2.52. The fourth-order valence-corrected chi connectivity index (χ4v) is 4.64. The van der Waals surface area contributed by atoms with Gasteiger partial charge in [-0.1, -0.05) is 32.4 Å². The Labute approximate surface area is 218 Å². The number of nitrogens with zero attached hydrogens (tertiary/aromatic N) is 2. The molecule has 11 heteroatoms. The van der Waals surface area contributed by atoms with E-state index in [0.717, 1.165) is 23.4 Å². The van der Waals surface area contributed by atoms with E-state index >= 15 is 0 Å². The number of carbonyl (C=O) groups excluding carboxylic acids is 2. The van der Waals surface area contributed by atoms with Crippen LogP contribution in [0.2, 0.25) is 0 Å². The van der Waals surface area contributed by atoms with Crippen LogP contribution in [-0.4, -0.2) is 64.7 Å². The normalized spacial score (nSPS) is 11.9. The molecule has 0 spiro atoms. The molecule has 0 saturated carbocycles. The van der Waals surface area contributed by atoms with Crippen molar-refractivity contribution in [1.29, 1.82) is 0 Å². The lowest BCUT2D eigenvalue weighted by Gasteiger charge is -2.33. The Balaban J connectivity index is 2.48. The number of hydrogen-bond donors (Lipinski definition) is 1. The van der Waals surface area contributed by atoms with Crippen LogP contribution in [0.15, 0.2) is 42.5 Å². The van der Waals surface area contributed by atoms with Gasteiger partial charge in [0.05, 0.1) is 26.2 Å². The Hall–Kier alpha value is -3.34. The zero-order valence-corrected chi connectivity index (χ0v) is 22.8. The second-order valence-electron chi connectivity index (χ2n) is 8.52. The van der Waals surface area contributed by atoms with Crippen molar-refractivity contribution in [2.75, 3.05) is 37.9 Å². The maximum atomic E-state index is 13.7. The van der Waals surface area contributed by atoms with Gasteiger partial charge in [-0.05, 0) is 42.7 Å². The summed E-state index contributed by atoms with van der Waals surface area (Å²) < 4.78 is 50.7. The lowest BCUT2D eigenvalue weighted by atomic mass is 10.1. The Morgan fingerprint density at radius 2 is 1.73 bits per heavy atom. The Kier molecular flexibility index (Phi) is 11.2. The van der Waals surface area contributed by atoms with E-state index in [2.05, 4.69) is 5.32 Å². The number of halogens is 1. The van der Waals surface area contributed by atoms with Gasteiger partial charge in [0.2, 0.25) is 21.8 Å². The molecule has 1 unspecified atom stereocenters. The first-order valence-electron chi connectivity index (χ1n) is 12.1. The van der Waals surface area contributed by atoms with Gasteiger partial charge in [-0.2, -0.15) is 0 Å². The third-order valence-corrected chi connectivity index (χ3v) is 6.94. The van der Waals surface area contributed by atoms with Gasteiger partial charge in [0, 0.05) is 19.2 Å². The molecule has 1 atom stereocenters. The van der Waals surface area contributed by atoms with E-state index in [1.807, 2.05) is 6.92 Å². The number of methoxy groups -OCH3 is 2. The number of carbonyl (C=O) groups is 2. The van der Waals surface area contributed by atoms with E-state index in [4.69, 9.17) is 9.47 Å². The van der Waals surface area contributed by atoms with Crippen molar-refractivity contribution in [3.63, 3.8) is 0 Å².